The number of nitrogens with one attached hydrogen (secondary N) is 1. The van der Waals surface area contributed by atoms with E-state index in [0.29, 0.717) is 0 Å². The second-order valence-corrected chi connectivity index (χ2v) is 11.0. The van der Waals surface area contributed by atoms with Crippen LogP contribution in [0.25, 0.3) is 0 Å². The number of piperidine rings is 1. The van der Waals surface area contributed by atoms with Gasteiger partial charge >= 0.3 is 8.56 Å². The lowest BCUT2D eigenvalue weighted by Gasteiger charge is -2.52. The first-order chi connectivity index (χ1) is 9.17. The van der Waals surface area contributed by atoms with E-state index in [4.69, 9.17) is 8.85 Å². The highest BCUT2D eigenvalue weighted by Gasteiger charge is 2.41. The standard InChI is InChI=1S/C15H34N2O2Si/c1-14(2)10-8-11-15(3,4)17(14)16-12-9-13-20(7,18-5)19-6/h16H,8-13H2,1-7H3. The average Bonchev–Trinajstić information content (AvgIpc) is 2.35. The zero-order chi connectivity index (χ0) is 15.4. The van der Waals surface area contributed by atoms with E-state index in [1.54, 1.807) is 14.2 Å². The summed E-state index contributed by atoms with van der Waals surface area (Å²) in [6.45, 7) is 12.5. The van der Waals surface area contributed by atoms with Gasteiger partial charge in [-0.1, -0.05) is 0 Å². The minimum absolute atomic E-state index is 0.227. The van der Waals surface area contributed by atoms with Crippen LogP contribution in [0.4, 0.5) is 0 Å². The van der Waals surface area contributed by atoms with Gasteiger partial charge in [0.1, 0.15) is 0 Å². The third-order valence-electron chi connectivity index (χ3n) is 4.73. The van der Waals surface area contributed by atoms with Crippen LogP contribution in [0.15, 0.2) is 0 Å². The van der Waals surface area contributed by atoms with Crippen molar-refractivity contribution in [1.82, 2.24) is 10.4 Å². The molecule has 5 heteroatoms. The van der Waals surface area contributed by atoms with Crippen molar-refractivity contribution < 1.29 is 8.85 Å². The largest absolute Gasteiger partial charge is 0.398 e. The van der Waals surface area contributed by atoms with Gasteiger partial charge < -0.3 is 8.85 Å². The Morgan fingerprint density at radius 1 is 1.05 bits per heavy atom. The maximum atomic E-state index is 5.54. The number of nitrogens with zero attached hydrogens (tertiary/aromatic N) is 1. The molecule has 0 spiro atoms. The second-order valence-electron chi connectivity index (χ2n) is 7.37. The summed E-state index contributed by atoms with van der Waals surface area (Å²) in [7, 11) is 1.61. The lowest BCUT2D eigenvalue weighted by molar-refractivity contribution is -0.0698. The number of hydrazine groups is 1. The van der Waals surface area contributed by atoms with Crippen LogP contribution in [-0.4, -0.2) is 45.4 Å². The van der Waals surface area contributed by atoms with E-state index in [9.17, 15) is 0 Å². The van der Waals surface area contributed by atoms with Crippen LogP contribution in [0, 0.1) is 0 Å². The molecular formula is C15H34N2O2Si. The molecule has 1 fully saturated rings. The Hall–Kier alpha value is 0.0569. The van der Waals surface area contributed by atoms with Crippen molar-refractivity contribution in [2.24, 2.45) is 0 Å². The summed E-state index contributed by atoms with van der Waals surface area (Å²) < 4.78 is 11.1. The van der Waals surface area contributed by atoms with Gasteiger partial charge in [-0.15, -0.1) is 0 Å². The van der Waals surface area contributed by atoms with Crippen LogP contribution in [0.1, 0.15) is 53.4 Å². The fraction of sp³-hybridized carbons (Fsp3) is 1.00. The molecule has 4 nitrogen and oxygen atoms in total. The minimum Gasteiger partial charge on any atom is -0.398 e. The van der Waals surface area contributed by atoms with Gasteiger partial charge in [0, 0.05) is 31.8 Å². The summed E-state index contributed by atoms with van der Waals surface area (Å²) in [5, 5.41) is 2.47. The second kappa shape index (κ2) is 6.88. The molecule has 20 heavy (non-hydrogen) atoms. The Bertz CT molecular complexity index is 288. The highest BCUT2D eigenvalue weighted by molar-refractivity contribution is 6.65. The minimum atomic E-state index is -1.91. The van der Waals surface area contributed by atoms with Crippen LogP contribution in [0.3, 0.4) is 0 Å². The van der Waals surface area contributed by atoms with Crippen LogP contribution in [0.5, 0.6) is 0 Å². The monoisotopic (exact) mass is 302 g/mol. The number of hydrogen-bond acceptors (Lipinski definition) is 4. The highest BCUT2D eigenvalue weighted by atomic mass is 28.4. The Labute approximate surface area is 126 Å². The zero-order valence-corrected chi connectivity index (χ0v) is 15.5. The number of hydrogen-bond donors (Lipinski definition) is 1. The fourth-order valence-electron chi connectivity index (χ4n) is 3.31. The SMILES string of the molecule is CO[Si](C)(CCCNN1C(C)(C)CCCC1(C)C)OC. The van der Waals surface area contributed by atoms with Crippen molar-refractivity contribution in [3.05, 3.63) is 0 Å². The molecular weight excluding hydrogens is 268 g/mol. The van der Waals surface area contributed by atoms with Gasteiger partial charge in [0.25, 0.3) is 0 Å². The average molecular weight is 303 g/mol. The van der Waals surface area contributed by atoms with Gasteiger partial charge in [-0.3, -0.25) is 5.43 Å². The summed E-state index contributed by atoms with van der Waals surface area (Å²) >= 11 is 0. The molecule has 0 bridgehead atoms. The van der Waals surface area contributed by atoms with Crippen LogP contribution >= 0.6 is 0 Å². The van der Waals surface area contributed by atoms with Gasteiger partial charge in [0.2, 0.25) is 0 Å². The van der Waals surface area contributed by atoms with Crippen LogP contribution in [0.2, 0.25) is 12.6 Å². The van der Waals surface area contributed by atoms with Gasteiger partial charge in [-0.05, 0) is 66.0 Å². The van der Waals surface area contributed by atoms with E-state index in [1.807, 2.05) is 0 Å². The third-order valence-corrected chi connectivity index (χ3v) is 7.72. The molecule has 0 aromatic carbocycles. The fourth-order valence-corrected chi connectivity index (χ4v) is 4.71. The molecule has 0 atom stereocenters. The van der Waals surface area contributed by atoms with Crippen molar-refractivity contribution in [3.63, 3.8) is 0 Å². The van der Waals surface area contributed by atoms with Crippen molar-refractivity contribution in [3.8, 4) is 0 Å². The molecule has 0 aromatic rings. The molecule has 0 radical (unpaired) electrons. The zero-order valence-electron chi connectivity index (χ0n) is 14.5. The maximum Gasteiger partial charge on any atom is 0.334 e. The molecule has 0 saturated carbocycles. The molecule has 120 valence electrons. The van der Waals surface area contributed by atoms with Crippen LogP contribution in [-0.2, 0) is 8.85 Å². The maximum absolute atomic E-state index is 5.54. The summed E-state index contributed by atoms with van der Waals surface area (Å²) in [6.07, 6.45) is 4.92. The molecule has 0 aromatic heterocycles. The smallest absolute Gasteiger partial charge is 0.334 e. The third kappa shape index (κ3) is 4.53. The predicted octanol–water partition coefficient (Wildman–Crippen LogP) is 3.29. The Kier molecular flexibility index (Phi) is 6.23. The summed E-state index contributed by atoms with van der Waals surface area (Å²) in [5.74, 6) is 0. The molecule has 1 aliphatic rings. The summed E-state index contributed by atoms with van der Waals surface area (Å²) in [6, 6.07) is 1.03. The van der Waals surface area contributed by atoms with Crippen LogP contribution < -0.4 is 5.43 Å². The molecule has 1 aliphatic heterocycles. The van der Waals surface area contributed by atoms with Crippen molar-refractivity contribution in [2.75, 3.05) is 20.8 Å². The van der Waals surface area contributed by atoms with E-state index in [-0.39, 0.29) is 11.1 Å². The first-order valence-corrected chi connectivity index (χ1v) is 10.3. The van der Waals surface area contributed by atoms with Gasteiger partial charge in [-0.25, -0.2) is 5.01 Å². The lowest BCUT2D eigenvalue weighted by Crippen LogP contribution is -2.64. The van der Waals surface area contributed by atoms with Crippen molar-refractivity contribution in [2.45, 2.75) is 77.0 Å². The quantitative estimate of drug-likeness (QED) is 0.578. The molecule has 1 N–H and O–H groups in total. The lowest BCUT2D eigenvalue weighted by atomic mass is 9.81. The molecule has 0 amide bonds. The van der Waals surface area contributed by atoms with E-state index in [1.165, 1.54) is 19.3 Å². The van der Waals surface area contributed by atoms with E-state index in [0.717, 1.165) is 19.0 Å². The van der Waals surface area contributed by atoms with E-state index >= 15 is 0 Å². The Morgan fingerprint density at radius 3 is 2.00 bits per heavy atom. The topological polar surface area (TPSA) is 33.7 Å². The Balaban J connectivity index is 2.47. The molecule has 0 aliphatic carbocycles. The molecule has 1 rings (SSSR count). The molecule has 1 saturated heterocycles. The van der Waals surface area contributed by atoms with Crippen molar-refractivity contribution >= 4 is 8.56 Å². The van der Waals surface area contributed by atoms with E-state index in [2.05, 4.69) is 44.7 Å². The summed E-state index contributed by atoms with van der Waals surface area (Å²) in [4.78, 5) is 0. The first-order valence-electron chi connectivity index (χ1n) is 7.81. The predicted molar refractivity (Wildman–Crippen MR) is 86.9 cm³/mol. The normalized spacial score (nSPS) is 22.9. The first kappa shape index (κ1) is 18.1. The molecule has 0 unspecified atom stereocenters. The molecule has 1 heterocycles. The van der Waals surface area contributed by atoms with Gasteiger partial charge in [-0.2, -0.15) is 0 Å². The summed E-state index contributed by atoms with van der Waals surface area (Å²) in [5.41, 5.74) is 4.12. The van der Waals surface area contributed by atoms with Crippen molar-refractivity contribution in [1.29, 1.82) is 0 Å². The highest BCUT2D eigenvalue weighted by Crippen LogP contribution is 2.36. The van der Waals surface area contributed by atoms with Gasteiger partial charge in [0.15, 0.2) is 0 Å². The number of rotatable bonds is 7. The van der Waals surface area contributed by atoms with E-state index < -0.39 is 8.56 Å². The Morgan fingerprint density at radius 2 is 1.55 bits per heavy atom. The van der Waals surface area contributed by atoms with Gasteiger partial charge in [0.05, 0.1) is 0 Å².